The Labute approximate surface area is 106 Å². The van der Waals surface area contributed by atoms with Gasteiger partial charge in [0, 0.05) is 12.5 Å². The highest BCUT2D eigenvalue weighted by Crippen LogP contribution is 2.15. The van der Waals surface area contributed by atoms with Crippen LogP contribution in [0.3, 0.4) is 0 Å². The predicted octanol–water partition coefficient (Wildman–Crippen LogP) is 2.45. The molecule has 1 atom stereocenters. The Morgan fingerprint density at radius 2 is 2.00 bits per heavy atom. The molecule has 0 amide bonds. The van der Waals surface area contributed by atoms with Gasteiger partial charge in [-0.05, 0) is 33.6 Å². The Morgan fingerprint density at radius 3 is 2.41 bits per heavy atom. The zero-order chi connectivity index (χ0) is 13.5. The number of unbranched alkanes of at least 4 members (excludes halogenated alkanes) is 2. The maximum Gasteiger partial charge on any atom is 0.217 e. The lowest BCUT2D eigenvalue weighted by Crippen LogP contribution is -2.43. The molecule has 1 unspecified atom stereocenters. The maximum absolute atomic E-state index is 11.9. The zero-order valence-corrected chi connectivity index (χ0v) is 11.8. The van der Waals surface area contributed by atoms with Crippen LogP contribution in [0.15, 0.2) is 12.7 Å². The first kappa shape index (κ1) is 16.2. The predicted molar refractivity (Wildman–Crippen MR) is 73.1 cm³/mol. The van der Waals surface area contributed by atoms with E-state index in [1.165, 1.54) is 0 Å². The normalized spacial score (nSPS) is 14.0. The molecule has 0 rings (SSSR count). The lowest BCUT2D eigenvalue weighted by atomic mass is 10.1. The summed E-state index contributed by atoms with van der Waals surface area (Å²) in [5.41, 5.74) is 0. The summed E-state index contributed by atoms with van der Waals surface area (Å²) < 4.78 is 25.7. The Hall–Kier alpha value is -0.790. The smallest absolute Gasteiger partial charge is 0.212 e. The number of nitrogens with one attached hydrogen (secondary N) is 1. The van der Waals surface area contributed by atoms with Gasteiger partial charge in [0.2, 0.25) is 10.0 Å². The van der Waals surface area contributed by atoms with E-state index in [0.717, 1.165) is 25.7 Å². The number of sulfonamides is 1. The summed E-state index contributed by atoms with van der Waals surface area (Å²) in [7, 11) is -3.31. The third kappa shape index (κ3) is 5.90. The van der Waals surface area contributed by atoms with Gasteiger partial charge in [-0.3, -0.25) is 0 Å². The summed E-state index contributed by atoms with van der Waals surface area (Å²) in [6.07, 6.45) is 10.1. The van der Waals surface area contributed by atoms with Gasteiger partial charge >= 0.3 is 0 Å². The van der Waals surface area contributed by atoms with Crippen molar-refractivity contribution in [2.24, 2.45) is 0 Å². The lowest BCUT2D eigenvalue weighted by molar-refractivity contribution is 0.522. The average Bonchev–Trinajstić information content (AvgIpc) is 2.20. The van der Waals surface area contributed by atoms with Crippen molar-refractivity contribution in [3.63, 3.8) is 0 Å². The van der Waals surface area contributed by atoms with Gasteiger partial charge < -0.3 is 0 Å². The molecule has 0 aromatic carbocycles. The van der Waals surface area contributed by atoms with E-state index in [0.29, 0.717) is 0 Å². The lowest BCUT2D eigenvalue weighted by Gasteiger charge is -2.23. The number of rotatable bonds is 7. The molecule has 4 heteroatoms. The fraction of sp³-hybridized carbons (Fsp3) is 0.692. The van der Waals surface area contributed by atoms with Crippen molar-refractivity contribution in [2.75, 3.05) is 0 Å². The van der Waals surface area contributed by atoms with Gasteiger partial charge in [-0.15, -0.1) is 18.9 Å². The summed E-state index contributed by atoms with van der Waals surface area (Å²) in [4.78, 5) is 0. The van der Waals surface area contributed by atoms with E-state index in [4.69, 9.17) is 6.42 Å². The summed E-state index contributed by atoms with van der Waals surface area (Å²) >= 11 is 0. The molecule has 0 spiro atoms. The molecule has 0 saturated carbocycles. The van der Waals surface area contributed by atoms with Crippen LogP contribution in [0.25, 0.3) is 0 Å². The van der Waals surface area contributed by atoms with Crippen LogP contribution >= 0.6 is 0 Å². The Balaban J connectivity index is 4.33. The molecule has 0 aromatic heterocycles. The maximum atomic E-state index is 11.9. The van der Waals surface area contributed by atoms with E-state index in [9.17, 15) is 8.42 Å². The first-order chi connectivity index (χ1) is 7.74. The minimum absolute atomic E-state index is 0.211. The summed E-state index contributed by atoms with van der Waals surface area (Å²) in [6.45, 7) is 8.68. The van der Waals surface area contributed by atoms with Crippen LogP contribution in [0, 0.1) is 12.3 Å². The molecule has 0 aromatic rings. The highest BCUT2D eigenvalue weighted by atomic mass is 32.2. The quantitative estimate of drug-likeness (QED) is 0.432. The molecule has 0 saturated heterocycles. The van der Waals surface area contributed by atoms with Crippen molar-refractivity contribution in [2.45, 2.75) is 57.2 Å². The van der Waals surface area contributed by atoms with E-state index in [1.54, 1.807) is 26.8 Å². The summed E-state index contributed by atoms with van der Waals surface area (Å²) in [5, 5.41) is 0. The molecule has 0 aliphatic heterocycles. The van der Waals surface area contributed by atoms with Gasteiger partial charge in [0.25, 0.3) is 0 Å². The molecule has 98 valence electrons. The molecule has 0 bridgehead atoms. The second kappa shape index (κ2) is 6.83. The van der Waals surface area contributed by atoms with Crippen molar-refractivity contribution >= 4 is 10.0 Å². The number of hydrogen-bond donors (Lipinski definition) is 1. The van der Waals surface area contributed by atoms with Crippen molar-refractivity contribution in [3.05, 3.63) is 12.7 Å². The number of hydrogen-bond acceptors (Lipinski definition) is 2. The largest absolute Gasteiger partial charge is 0.217 e. The van der Waals surface area contributed by atoms with E-state index >= 15 is 0 Å². The van der Waals surface area contributed by atoms with E-state index < -0.39 is 14.8 Å². The van der Waals surface area contributed by atoms with E-state index in [-0.39, 0.29) is 6.04 Å². The van der Waals surface area contributed by atoms with Crippen molar-refractivity contribution in [3.8, 4) is 12.3 Å². The minimum atomic E-state index is -3.31. The molecular formula is C13H23NO2S. The molecule has 0 aliphatic rings. The summed E-state index contributed by atoms with van der Waals surface area (Å²) in [6, 6.07) is -0.211. The average molecular weight is 257 g/mol. The first-order valence-corrected chi connectivity index (χ1v) is 7.31. The minimum Gasteiger partial charge on any atom is -0.212 e. The van der Waals surface area contributed by atoms with E-state index in [2.05, 4.69) is 17.2 Å². The van der Waals surface area contributed by atoms with Gasteiger partial charge in [-0.25, -0.2) is 13.1 Å². The molecule has 1 N–H and O–H groups in total. The van der Waals surface area contributed by atoms with Gasteiger partial charge in [0.1, 0.15) is 0 Å². The Kier molecular flexibility index (Phi) is 6.51. The standard InChI is InChI=1S/C13H23NO2S/c1-6-8-9-10-11-12(7-2)14-17(15,16)13(3,4)5/h1,7,12,14H,2,8-11H2,3-5H3. The Morgan fingerprint density at radius 1 is 1.41 bits per heavy atom. The molecule has 0 heterocycles. The van der Waals surface area contributed by atoms with Crippen LogP contribution in [0.4, 0.5) is 0 Å². The van der Waals surface area contributed by atoms with Gasteiger partial charge in [0.15, 0.2) is 0 Å². The van der Waals surface area contributed by atoms with Gasteiger partial charge in [-0.2, -0.15) is 0 Å². The fourth-order valence-corrected chi connectivity index (χ4v) is 2.16. The molecule has 0 aliphatic carbocycles. The van der Waals surface area contributed by atoms with Crippen molar-refractivity contribution in [1.29, 1.82) is 0 Å². The highest BCUT2D eigenvalue weighted by Gasteiger charge is 2.30. The third-order valence-electron chi connectivity index (χ3n) is 2.48. The van der Waals surface area contributed by atoms with Crippen LogP contribution in [-0.2, 0) is 10.0 Å². The molecule has 3 nitrogen and oxygen atoms in total. The highest BCUT2D eigenvalue weighted by molar-refractivity contribution is 7.90. The van der Waals surface area contributed by atoms with Gasteiger partial charge in [0.05, 0.1) is 4.75 Å². The van der Waals surface area contributed by atoms with Crippen LogP contribution in [0.5, 0.6) is 0 Å². The van der Waals surface area contributed by atoms with Crippen molar-refractivity contribution < 1.29 is 8.42 Å². The SMILES string of the molecule is C#CCCCCC(C=C)NS(=O)(=O)C(C)(C)C. The van der Waals surface area contributed by atoms with Gasteiger partial charge in [-0.1, -0.05) is 12.5 Å². The molecule has 0 radical (unpaired) electrons. The monoisotopic (exact) mass is 257 g/mol. The Bertz CT molecular complexity index is 371. The first-order valence-electron chi connectivity index (χ1n) is 5.82. The molecule has 0 fully saturated rings. The number of terminal acetylenes is 1. The van der Waals surface area contributed by atoms with E-state index in [1.807, 2.05) is 0 Å². The molecule has 17 heavy (non-hydrogen) atoms. The topological polar surface area (TPSA) is 46.2 Å². The summed E-state index contributed by atoms with van der Waals surface area (Å²) in [5.74, 6) is 2.57. The van der Waals surface area contributed by atoms with Crippen LogP contribution in [-0.4, -0.2) is 19.2 Å². The van der Waals surface area contributed by atoms with Crippen LogP contribution < -0.4 is 4.72 Å². The molecular weight excluding hydrogens is 234 g/mol. The zero-order valence-electron chi connectivity index (χ0n) is 11.0. The fourth-order valence-electron chi connectivity index (χ4n) is 1.19. The van der Waals surface area contributed by atoms with Crippen LogP contribution in [0.1, 0.15) is 46.5 Å². The van der Waals surface area contributed by atoms with Crippen molar-refractivity contribution in [1.82, 2.24) is 4.72 Å². The third-order valence-corrected chi connectivity index (χ3v) is 4.71. The second-order valence-corrected chi connectivity index (χ2v) is 7.49. The van der Waals surface area contributed by atoms with Crippen LogP contribution in [0.2, 0.25) is 0 Å². The second-order valence-electron chi connectivity index (χ2n) is 5.03.